The third-order valence-corrected chi connectivity index (χ3v) is 5.75. The first-order valence-electron chi connectivity index (χ1n) is 10.0. The highest BCUT2D eigenvalue weighted by atomic mass is 32.2. The smallest absolute Gasteiger partial charge is 0.225 e. The van der Waals surface area contributed by atoms with Gasteiger partial charge in [0.1, 0.15) is 30.1 Å². The van der Waals surface area contributed by atoms with E-state index in [2.05, 4.69) is 16.4 Å². The molecule has 1 aliphatic rings. The van der Waals surface area contributed by atoms with E-state index < -0.39 is 0 Å². The average molecular weight is 448 g/mol. The topological polar surface area (TPSA) is 93.5 Å². The first-order valence-corrected chi connectivity index (χ1v) is 11.0. The number of carbonyl (C=O) groups excluding carboxylic acids is 1. The molecule has 2 heterocycles. The Morgan fingerprint density at radius 1 is 1.12 bits per heavy atom. The van der Waals surface area contributed by atoms with E-state index in [-0.39, 0.29) is 12.3 Å². The summed E-state index contributed by atoms with van der Waals surface area (Å²) in [5.74, 6) is 2.43. The van der Waals surface area contributed by atoms with E-state index in [4.69, 9.17) is 14.2 Å². The zero-order valence-corrected chi connectivity index (χ0v) is 18.3. The molecule has 0 radical (unpaired) electrons. The lowest BCUT2D eigenvalue weighted by molar-refractivity contribution is -0.115. The van der Waals surface area contributed by atoms with Crippen LogP contribution in [0.25, 0.3) is 11.3 Å². The number of thioether (sulfide) groups is 1. The van der Waals surface area contributed by atoms with Crippen molar-refractivity contribution in [3.8, 4) is 34.6 Å². The number of fused-ring (bicyclic) bond motifs is 1. The molecule has 1 N–H and O–H groups in total. The lowest BCUT2D eigenvalue weighted by Gasteiger charge is -2.19. The molecule has 3 aromatic rings. The van der Waals surface area contributed by atoms with Crippen molar-refractivity contribution in [2.75, 3.05) is 31.4 Å². The Labute approximate surface area is 190 Å². The Morgan fingerprint density at radius 2 is 1.91 bits per heavy atom. The number of rotatable bonds is 7. The van der Waals surface area contributed by atoms with Crippen LogP contribution in [0.5, 0.6) is 17.2 Å². The summed E-state index contributed by atoms with van der Waals surface area (Å²) in [5, 5.41) is 12.9. The van der Waals surface area contributed by atoms with Crippen LogP contribution in [-0.4, -0.2) is 37.0 Å². The minimum Gasteiger partial charge on any atom is -0.497 e. The summed E-state index contributed by atoms with van der Waals surface area (Å²) in [6.07, 6.45) is 0.276. The molecule has 0 saturated carbocycles. The molecule has 1 aromatic heterocycles. The van der Waals surface area contributed by atoms with Gasteiger partial charge < -0.3 is 19.5 Å². The van der Waals surface area contributed by atoms with Gasteiger partial charge in [-0.25, -0.2) is 4.98 Å². The van der Waals surface area contributed by atoms with E-state index in [9.17, 15) is 10.1 Å². The highest BCUT2D eigenvalue weighted by Gasteiger charge is 2.13. The molecule has 162 valence electrons. The molecule has 0 saturated heterocycles. The molecular weight excluding hydrogens is 426 g/mol. The molecule has 1 amide bonds. The number of ether oxygens (including phenoxy) is 3. The Bertz CT molecular complexity index is 1160. The van der Waals surface area contributed by atoms with Crippen LogP contribution in [-0.2, 0) is 4.79 Å². The van der Waals surface area contributed by atoms with Gasteiger partial charge in [0.25, 0.3) is 0 Å². The fourth-order valence-electron chi connectivity index (χ4n) is 3.14. The number of pyridine rings is 1. The Balaban J connectivity index is 1.37. The molecule has 0 aliphatic carbocycles. The summed E-state index contributed by atoms with van der Waals surface area (Å²) in [7, 11) is 1.62. The predicted octanol–water partition coefficient (Wildman–Crippen LogP) is 4.52. The molecule has 2 aromatic carbocycles. The van der Waals surface area contributed by atoms with E-state index in [1.165, 1.54) is 11.8 Å². The SMILES string of the molecule is COc1ccc(-c2ccc(C#N)c(SCCC(=O)Nc3ccc4c(c3)OCCO4)n2)cc1. The van der Waals surface area contributed by atoms with Crippen molar-refractivity contribution >= 4 is 23.4 Å². The number of hydrogen-bond donors (Lipinski definition) is 1. The van der Waals surface area contributed by atoms with Crippen LogP contribution in [0.15, 0.2) is 59.6 Å². The third kappa shape index (κ3) is 5.13. The van der Waals surface area contributed by atoms with Gasteiger partial charge in [0.15, 0.2) is 11.5 Å². The zero-order chi connectivity index (χ0) is 22.3. The molecule has 0 unspecified atom stereocenters. The summed E-state index contributed by atoms with van der Waals surface area (Å²) in [4.78, 5) is 17.0. The maximum atomic E-state index is 12.4. The number of aromatic nitrogens is 1. The normalized spacial score (nSPS) is 12.0. The highest BCUT2D eigenvalue weighted by molar-refractivity contribution is 7.99. The van der Waals surface area contributed by atoms with Gasteiger partial charge in [-0.15, -0.1) is 11.8 Å². The second-order valence-electron chi connectivity index (χ2n) is 6.89. The fraction of sp³-hybridized carbons (Fsp3) is 0.208. The second-order valence-corrected chi connectivity index (χ2v) is 7.98. The zero-order valence-electron chi connectivity index (χ0n) is 17.5. The number of benzene rings is 2. The number of nitrogens with one attached hydrogen (secondary N) is 1. The monoisotopic (exact) mass is 447 g/mol. The van der Waals surface area contributed by atoms with Gasteiger partial charge in [-0.2, -0.15) is 5.26 Å². The number of amides is 1. The first kappa shape index (κ1) is 21.5. The van der Waals surface area contributed by atoms with Gasteiger partial charge in [0.05, 0.1) is 18.4 Å². The third-order valence-electron chi connectivity index (χ3n) is 4.76. The van der Waals surface area contributed by atoms with Gasteiger partial charge in [-0.1, -0.05) is 0 Å². The number of hydrogen-bond acceptors (Lipinski definition) is 7. The summed E-state index contributed by atoms with van der Waals surface area (Å²) in [5.41, 5.74) is 2.82. The standard InChI is InChI=1S/C24H21N3O4S/c1-29-19-6-2-16(3-7-19)20-8-4-17(15-25)24(27-20)32-13-10-23(28)26-18-5-9-21-22(14-18)31-12-11-30-21/h2-9,14H,10-13H2,1H3,(H,26,28). The number of carbonyl (C=O) groups is 1. The van der Waals surface area contributed by atoms with Crippen LogP contribution in [0.1, 0.15) is 12.0 Å². The molecule has 0 spiro atoms. The van der Waals surface area contributed by atoms with E-state index in [1.807, 2.05) is 30.3 Å². The maximum Gasteiger partial charge on any atom is 0.225 e. The minimum absolute atomic E-state index is 0.126. The average Bonchev–Trinajstić information content (AvgIpc) is 2.84. The van der Waals surface area contributed by atoms with Crippen LogP contribution >= 0.6 is 11.8 Å². The van der Waals surface area contributed by atoms with Gasteiger partial charge in [0, 0.05) is 29.5 Å². The molecule has 0 fully saturated rings. The Kier molecular flexibility index (Phi) is 6.78. The lowest BCUT2D eigenvalue weighted by Crippen LogP contribution is -2.16. The Morgan fingerprint density at radius 3 is 2.66 bits per heavy atom. The maximum absolute atomic E-state index is 12.4. The van der Waals surface area contributed by atoms with Gasteiger partial charge in [-0.05, 0) is 48.5 Å². The molecule has 32 heavy (non-hydrogen) atoms. The molecule has 8 heteroatoms. The van der Waals surface area contributed by atoms with Gasteiger partial charge in [-0.3, -0.25) is 4.79 Å². The largest absolute Gasteiger partial charge is 0.497 e. The molecule has 0 bridgehead atoms. The molecule has 0 atom stereocenters. The lowest BCUT2D eigenvalue weighted by atomic mass is 10.1. The van der Waals surface area contributed by atoms with E-state index in [1.54, 1.807) is 31.4 Å². The van der Waals surface area contributed by atoms with Crippen LogP contribution in [0.3, 0.4) is 0 Å². The van der Waals surface area contributed by atoms with Crippen LogP contribution < -0.4 is 19.5 Å². The number of nitrogens with zero attached hydrogens (tertiary/aromatic N) is 2. The number of nitriles is 1. The summed E-state index contributed by atoms with van der Waals surface area (Å²) in [6.45, 7) is 1.01. The first-order chi connectivity index (χ1) is 15.7. The van der Waals surface area contributed by atoms with Gasteiger partial charge in [0.2, 0.25) is 5.91 Å². The van der Waals surface area contributed by atoms with Crippen molar-refractivity contribution in [3.05, 3.63) is 60.2 Å². The van der Waals surface area contributed by atoms with Crippen LogP contribution in [0.2, 0.25) is 0 Å². The van der Waals surface area contributed by atoms with Crippen molar-refractivity contribution < 1.29 is 19.0 Å². The molecule has 1 aliphatic heterocycles. The quantitative estimate of drug-likeness (QED) is 0.532. The van der Waals surface area contributed by atoms with Crippen molar-refractivity contribution in [2.24, 2.45) is 0 Å². The minimum atomic E-state index is -0.126. The van der Waals surface area contributed by atoms with Crippen LogP contribution in [0.4, 0.5) is 5.69 Å². The van der Waals surface area contributed by atoms with Crippen LogP contribution in [0, 0.1) is 11.3 Å². The van der Waals surface area contributed by atoms with E-state index in [0.29, 0.717) is 46.7 Å². The molecule has 4 rings (SSSR count). The van der Waals surface area contributed by atoms with E-state index in [0.717, 1.165) is 17.0 Å². The number of anilines is 1. The molecular formula is C24H21N3O4S. The second kappa shape index (κ2) is 10.1. The van der Waals surface area contributed by atoms with Crippen molar-refractivity contribution in [2.45, 2.75) is 11.4 Å². The predicted molar refractivity (Wildman–Crippen MR) is 122 cm³/mol. The summed E-state index contributed by atoms with van der Waals surface area (Å²) >= 11 is 1.39. The summed E-state index contributed by atoms with van der Waals surface area (Å²) in [6, 6.07) is 18.6. The van der Waals surface area contributed by atoms with Crippen molar-refractivity contribution in [1.82, 2.24) is 4.98 Å². The Hall–Kier alpha value is -3.70. The fourth-order valence-corrected chi connectivity index (χ4v) is 4.06. The summed E-state index contributed by atoms with van der Waals surface area (Å²) < 4.78 is 16.2. The van der Waals surface area contributed by atoms with Crippen molar-refractivity contribution in [1.29, 1.82) is 5.26 Å². The number of methoxy groups -OCH3 is 1. The highest BCUT2D eigenvalue weighted by Crippen LogP contribution is 2.33. The van der Waals surface area contributed by atoms with Crippen molar-refractivity contribution in [3.63, 3.8) is 0 Å². The van der Waals surface area contributed by atoms with E-state index >= 15 is 0 Å². The van der Waals surface area contributed by atoms with Gasteiger partial charge >= 0.3 is 0 Å². The molecule has 7 nitrogen and oxygen atoms in total.